The number of hydrogen-bond donors (Lipinski definition) is 1. The van der Waals surface area contributed by atoms with E-state index in [1.165, 1.54) is 12.8 Å². The number of hydrogen-bond acceptors (Lipinski definition) is 3. The first-order valence-electron chi connectivity index (χ1n) is 6.98. The summed E-state index contributed by atoms with van der Waals surface area (Å²) >= 11 is 0. The fourth-order valence-electron chi connectivity index (χ4n) is 2.23. The smallest absolute Gasteiger partial charge is 0.234 e. The normalized spacial score (nSPS) is 16.7. The second kappa shape index (κ2) is 6.15. The van der Waals surface area contributed by atoms with E-state index in [1.54, 1.807) is 6.20 Å². The van der Waals surface area contributed by atoms with E-state index in [1.807, 2.05) is 25.2 Å². The Morgan fingerprint density at radius 3 is 2.74 bits per heavy atom. The van der Waals surface area contributed by atoms with Crippen LogP contribution in [0, 0.1) is 5.92 Å². The van der Waals surface area contributed by atoms with Crippen LogP contribution in [-0.4, -0.2) is 35.4 Å². The maximum Gasteiger partial charge on any atom is 0.234 e. The van der Waals surface area contributed by atoms with Crippen molar-refractivity contribution in [1.82, 2.24) is 15.2 Å². The van der Waals surface area contributed by atoms with Gasteiger partial charge in [-0.2, -0.15) is 0 Å². The molecule has 1 fully saturated rings. The van der Waals surface area contributed by atoms with Gasteiger partial charge < -0.3 is 5.32 Å². The van der Waals surface area contributed by atoms with Crippen LogP contribution in [0.3, 0.4) is 0 Å². The topological polar surface area (TPSA) is 45.2 Å². The van der Waals surface area contributed by atoms with E-state index in [0.717, 1.165) is 5.69 Å². The largest absolute Gasteiger partial charge is 0.346 e. The number of likely N-dealkylation sites (N-methyl/N-ethyl adjacent to an activating group) is 1. The molecular weight excluding hydrogens is 238 g/mol. The second-order valence-electron chi connectivity index (χ2n) is 5.69. The predicted octanol–water partition coefficient (Wildman–Crippen LogP) is 1.99. The van der Waals surface area contributed by atoms with Crippen molar-refractivity contribution >= 4 is 5.91 Å². The van der Waals surface area contributed by atoms with Crippen LogP contribution in [0.1, 0.15) is 38.4 Å². The summed E-state index contributed by atoms with van der Waals surface area (Å²) < 4.78 is 0. The molecule has 0 aliphatic heterocycles. The van der Waals surface area contributed by atoms with E-state index in [4.69, 9.17) is 0 Å². The zero-order valence-corrected chi connectivity index (χ0v) is 12.0. The van der Waals surface area contributed by atoms with E-state index >= 15 is 0 Å². The molecule has 1 aromatic rings. The molecule has 1 aliphatic rings. The summed E-state index contributed by atoms with van der Waals surface area (Å²) in [7, 11) is 2.02. The van der Waals surface area contributed by atoms with E-state index in [0.29, 0.717) is 18.5 Å². The van der Waals surface area contributed by atoms with Gasteiger partial charge in [-0.15, -0.1) is 0 Å². The average Bonchev–Trinajstić information content (AvgIpc) is 3.21. The molecule has 1 unspecified atom stereocenters. The Balaban J connectivity index is 1.94. The zero-order valence-electron chi connectivity index (χ0n) is 12.0. The molecule has 4 heteroatoms. The highest BCUT2D eigenvalue weighted by Gasteiger charge is 2.28. The Morgan fingerprint density at radius 1 is 1.47 bits per heavy atom. The Kier molecular flexibility index (Phi) is 4.53. The third-order valence-electron chi connectivity index (χ3n) is 3.55. The van der Waals surface area contributed by atoms with Gasteiger partial charge in [0.15, 0.2) is 0 Å². The molecular formula is C15H23N3O. The molecule has 1 N–H and O–H groups in total. The number of carbonyl (C=O) groups excluding carboxylic acids is 1. The molecule has 0 bridgehead atoms. The molecule has 2 rings (SSSR count). The minimum absolute atomic E-state index is 0.0127. The van der Waals surface area contributed by atoms with Crippen LogP contribution in [0.4, 0.5) is 0 Å². The summed E-state index contributed by atoms with van der Waals surface area (Å²) in [6.45, 7) is 4.68. The monoisotopic (exact) mass is 261 g/mol. The van der Waals surface area contributed by atoms with Crippen LogP contribution in [0.15, 0.2) is 24.4 Å². The molecule has 1 aliphatic carbocycles. The highest BCUT2D eigenvalue weighted by atomic mass is 16.2. The molecule has 104 valence electrons. The lowest BCUT2D eigenvalue weighted by Gasteiger charge is -2.23. The summed E-state index contributed by atoms with van der Waals surface area (Å²) in [4.78, 5) is 18.6. The Labute approximate surface area is 115 Å². The van der Waals surface area contributed by atoms with E-state index < -0.39 is 0 Å². The minimum atomic E-state index is -0.0127. The van der Waals surface area contributed by atoms with Crippen LogP contribution >= 0.6 is 0 Å². The quantitative estimate of drug-likeness (QED) is 0.851. The summed E-state index contributed by atoms with van der Waals surface area (Å²) in [5.74, 6) is 0.406. The lowest BCUT2D eigenvalue weighted by Crippen LogP contribution is -2.39. The predicted molar refractivity (Wildman–Crippen MR) is 75.6 cm³/mol. The number of carbonyl (C=O) groups is 1. The van der Waals surface area contributed by atoms with Crippen molar-refractivity contribution in [3.8, 4) is 0 Å². The van der Waals surface area contributed by atoms with Gasteiger partial charge in [-0.25, -0.2) is 0 Å². The fourth-order valence-corrected chi connectivity index (χ4v) is 2.23. The standard InChI is InChI=1S/C15H23N3O/c1-11(2)15(13-6-4-5-9-16-13)17-14(19)10-18(3)12-7-8-12/h4-6,9,11-12,15H,7-8,10H2,1-3H3,(H,17,19). The van der Waals surface area contributed by atoms with Crippen molar-refractivity contribution < 1.29 is 4.79 Å². The highest BCUT2D eigenvalue weighted by molar-refractivity contribution is 5.78. The van der Waals surface area contributed by atoms with Gasteiger partial charge >= 0.3 is 0 Å². The van der Waals surface area contributed by atoms with Gasteiger partial charge in [0, 0.05) is 12.2 Å². The molecule has 0 radical (unpaired) electrons. The summed E-state index contributed by atoms with van der Waals surface area (Å²) in [5.41, 5.74) is 0.930. The molecule has 4 nitrogen and oxygen atoms in total. The van der Waals surface area contributed by atoms with Crippen molar-refractivity contribution in [3.05, 3.63) is 30.1 Å². The van der Waals surface area contributed by atoms with E-state index in [2.05, 4.69) is 29.0 Å². The molecule has 0 saturated heterocycles. The molecule has 1 heterocycles. The maximum atomic E-state index is 12.1. The van der Waals surface area contributed by atoms with Gasteiger partial charge in [0.1, 0.15) is 0 Å². The fraction of sp³-hybridized carbons (Fsp3) is 0.600. The number of rotatable bonds is 6. The number of aromatic nitrogens is 1. The van der Waals surface area contributed by atoms with Crippen LogP contribution < -0.4 is 5.32 Å². The van der Waals surface area contributed by atoms with E-state index in [9.17, 15) is 4.79 Å². The molecule has 1 aromatic heterocycles. The van der Waals surface area contributed by atoms with Crippen molar-refractivity contribution in [2.75, 3.05) is 13.6 Å². The van der Waals surface area contributed by atoms with Gasteiger partial charge in [-0.05, 0) is 37.9 Å². The van der Waals surface area contributed by atoms with Gasteiger partial charge in [-0.3, -0.25) is 14.7 Å². The zero-order chi connectivity index (χ0) is 13.8. The second-order valence-corrected chi connectivity index (χ2v) is 5.69. The van der Waals surface area contributed by atoms with Crippen molar-refractivity contribution in [1.29, 1.82) is 0 Å². The van der Waals surface area contributed by atoms with Gasteiger partial charge in [-0.1, -0.05) is 19.9 Å². The van der Waals surface area contributed by atoms with Crippen LogP contribution in [0.25, 0.3) is 0 Å². The molecule has 1 amide bonds. The minimum Gasteiger partial charge on any atom is -0.346 e. The molecule has 1 saturated carbocycles. The molecule has 19 heavy (non-hydrogen) atoms. The lowest BCUT2D eigenvalue weighted by molar-refractivity contribution is -0.123. The summed E-state index contributed by atoms with van der Waals surface area (Å²) in [6, 6.07) is 6.42. The lowest BCUT2D eigenvalue weighted by atomic mass is 10.0. The van der Waals surface area contributed by atoms with E-state index in [-0.39, 0.29) is 11.9 Å². The van der Waals surface area contributed by atoms with Crippen LogP contribution in [0.5, 0.6) is 0 Å². The number of pyridine rings is 1. The number of nitrogens with zero attached hydrogens (tertiary/aromatic N) is 2. The first-order chi connectivity index (χ1) is 9.08. The number of amides is 1. The third-order valence-corrected chi connectivity index (χ3v) is 3.55. The van der Waals surface area contributed by atoms with Crippen molar-refractivity contribution in [2.24, 2.45) is 5.92 Å². The molecule has 0 aromatic carbocycles. The Bertz CT molecular complexity index is 415. The first kappa shape index (κ1) is 14.0. The maximum absolute atomic E-state index is 12.1. The van der Waals surface area contributed by atoms with Crippen LogP contribution in [0.2, 0.25) is 0 Å². The van der Waals surface area contributed by atoms with Crippen LogP contribution in [-0.2, 0) is 4.79 Å². The Morgan fingerprint density at radius 2 is 2.21 bits per heavy atom. The van der Waals surface area contributed by atoms with Crippen molar-refractivity contribution in [2.45, 2.75) is 38.8 Å². The summed E-state index contributed by atoms with van der Waals surface area (Å²) in [6.07, 6.45) is 4.21. The van der Waals surface area contributed by atoms with Gasteiger partial charge in [0.05, 0.1) is 18.3 Å². The van der Waals surface area contributed by atoms with Gasteiger partial charge in [0.2, 0.25) is 5.91 Å². The Hall–Kier alpha value is -1.42. The SMILES string of the molecule is CC(C)C(NC(=O)CN(C)C1CC1)c1ccccn1. The highest BCUT2D eigenvalue weighted by Crippen LogP contribution is 2.25. The first-order valence-corrected chi connectivity index (χ1v) is 6.98. The summed E-state index contributed by atoms with van der Waals surface area (Å²) in [5, 5.41) is 3.10. The van der Waals surface area contributed by atoms with Crippen molar-refractivity contribution in [3.63, 3.8) is 0 Å². The average molecular weight is 261 g/mol. The molecule has 0 spiro atoms. The third kappa shape index (κ3) is 4.03. The van der Waals surface area contributed by atoms with Gasteiger partial charge in [0.25, 0.3) is 0 Å². The molecule has 1 atom stereocenters. The number of nitrogens with one attached hydrogen (secondary N) is 1.